The highest BCUT2D eigenvalue weighted by Gasteiger charge is 2.29. The maximum atomic E-state index is 12.1. The summed E-state index contributed by atoms with van der Waals surface area (Å²) >= 11 is 0. The lowest BCUT2D eigenvalue weighted by atomic mass is 10.1. The van der Waals surface area contributed by atoms with Gasteiger partial charge in [-0.1, -0.05) is 11.2 Å². The van der Waals surface area contributed by atoms with Crippen LogP contribution in [0.25, 0.3) is 10.4 Å². The van der Waals surface area contributed by atoms with Crippen molar-refractivity contribution in [3.05, 3.63) is 50.9 Å². The number of nitrogens with one attached hydrogen (secondary N) is 1. The Labute approximate surface area is 135 Å². The predicted octanol–water partition coefficient (Wildman–Crippen LogP) is 1.58. The topological polar surface area (TPSA) is 158 Å². The van der Waals surface area contributed by atoms with Gasteiger partial charge >= 0.3 is 0 Å². The van der Waals surface area contributed by atoms with Gasteiger partial charge in [-0.2, -0.15) is 0 Å². The third kappa shape index (κ3) is 3.47. The highest BCUT2D eigenvalue weighted by molar-refractivity contribution is 6.03. The minimum absolute atomic E-state index is 0.114. The van der Waals surface area contributed by atoms with Crippen molar-refractivity contribution in [2.24, 2.45) is 5.11 Å². The van der Waals surface area contributed by atoms with E-state index in [1.807, 2.05) is 0 Å². The highest BCUT2D eigenvalue weighted by Crippen LogP contribution is 2.31. The van der Waals surface area contributed by atoms with Gasteiger partial charge in [0, 0.05) is 24.3 Å². The Morgan fingerprint density at radius 2 is 2.08 bits per heavy atom. The van der Waals surface area contributed by atoms with E-state index in [9.17, 15) is 24.5 Å². The number of rotatable bonds is 6. The molecule has 0 saturated carbocycles. The predicted molar refractivity (Wildman–Crippen MR) is 79.6 cm³/mol. The summed E-state index contributed by atoms with van der Waals surface area (Å²) in [5, 5.41) is 16.7. The zero-order valence-electron chi connectivity index (χ0n) is 12.2. The van der Waals surface area contributed by atoms with Gasteiger partial charge in [-0.15, -0.1) is 0 Å². The smallest absolute Gasteiger partial charge is 0.291 e. The van der Waals surface area contributed by atoms with E-state index in [2.05, 4.69) is 15.3 Å². The molecule has 1 aromatic rings. The minimum atomic E-state index is -0.823. The molecule has 1 radical (unpaired) electrons. The monoisotopic (exact) mass is 331 g/mol. The van der Waals surface area contributed by atoms with Crippen LogP contribution >= 0.6 is 0 Å². The number of para-hydroxylation sites is 1. The number of likely N-dealkylation sites (tertiary alicyclic amines) is 1. The number of benzene rings is 1. The van der Waals surface area contributed by atoms with E-state index in [-0.39, 0.29) is 42.5 Å². The molecule has 2 rings (SSSR count). The minimum Gasteiger partial charge on any atom is -0.350 e. The largest absolute Gasteiger partial charge is 0.350 e. The van der Waals surface area contributed by atoms with Crippen LogP contribution in [0.5, 0.6) is 0 Å². The molecule has 0 unspecified atom stereocenters. The molecule has 0 atom stereocenters. The van der Waals surface area contributed by atoms with Crippen molar-refractivity contribution in [1.82, 2.24) is 10.2 Å². The van der Waals surface area contributed by atoms with E-state index in [4.69, 9.17) is 5.53 Å². The first kappa shape index (κ1) is 16.9. The molecule has 0 bridgehead atoms. The van der Waals surface area contributed by atoms with Crippen LogP contribution in [0, 0.1) is 16.7 Å². The fourth-order valence-electron chi connectivity index (χ4n) is 2.16. The Morgan fingerprint density at radius 3 is 2.67 bits per heavy atom. The van der Waals surface area contributed by atoms with Gasteiger partial charge in [0.1, 0.15) is 11.3 Å². The van der Waals surface area contributed by atoms with E-state index < -0.39 is 16.5 Å². The molecule has 1 aliphatic heterocycles. The molecule has 1 aromatic carbocycles. The first-order valence-corrected chi connectivity index (χ1v) is 6.74. The molecule has 123 valence electrons. The lowest BCUT2D eigenvalue weighted by Crippen LogP contribution is -2.34. The number of amides is 3. The molecule has 0 spiro atoms. The van der Waals surface area contributed by atoms with Gasteiger partial charge in [-0.05, 0) is 17.7 Å². The van der Waals surface area contributed by atoms with E-state index in [0.29, 0.717) is 0 Å². The lowest BCUT2D eigenvalue weighted by molar-refractivity contribution is -0.384. The fraction of sp³-hybridized carbons (Fsp3) is 0.231. The molecular weight excluding hydrogens is 320 g/mol. The third-order valence-electron chi connectivity index (χ3n) is 3.22. The maximum absolute atomic E-state index is 12.1. The molecule has 11 heteroatoms. The van der Waals surface area contributed by atoms with Crippen LogP contribution in [0.2, 0.25) is 0 Å². The summed E-state index contributed by atoms with van der Waals surface area (Å²) in [6.07, 6.45) is 0.228. The van der Waals surface area contributed by atoms with Crippen molar-refractivity contribution in [2.45, 2.75) is 12.8 Å². The molecular formula is C13H11N6O5. The van der Waals surface area contributed by atoms with Gasteiger partial charge in [0.05, 0.1) is 11.5 Å². The zero-order chi connectivity index (χ0) is 17.7. The van der Waals surface area contributed by atoms with Crippen LogP contribution in [-0.4, -0.2) is 34.1 Å². The van der Waals surface area contributed by atoms with Crippen molar-refractivity contribution in [3.63, 3.8) is 0 Å². The van der Waals surface area contributed by atoms with E-state index in [0.717, 1.165) is 4.90 Å². The normalized spacial score (nSPS) is 13.6. The number of hydrogen-bond acceptors (Lipinski definition) is 6. The summed E-state index contributed by atoms with van der Waals surface area (Å²) in [7, 11) is 0. The standard InChI is InChI=1S/C13H11N6O5/c14-17-16-9-3-1-2-8(12(9)19(23)24)13(22)15-6-7-18-10(20)4-5-11(18)21/h1-3,7H,4-6H2,(H,15,22). The molecule has 1 aliphatic rings. The second kappa shape index (κ2) is 7.20. The van der Waals surface area contributed by atoms with Crippen LogP contribution in [0.1, 0.15) is 23.2 Å². The molecule has 1 saturated heterocycles. The van der Waals surface area contributed by atoms with Crippen LogP contribution in [0.15, 0.2) is 23.3 Å². The Kier molecular flexibility index (Phi) is 5.07. The summed E-state index contributed by atoms with van der Waals surface area (Å²) < 4.78 is 0. The number of imide groups is 1. The van der Waals surface area contributed by atoms with E-state index >= 15 is 0 Å². The summed E-state index contributed by atoms with van der Waals surface area (Å²) in [5.41, 5.74) is 7.22. The SMILES string of the molecule is [N-]=[N+]=Nc1cccc(C(=O)NC[CH]N2C(=O)CCC2=O)c1[N+](=O)[O-]. The van der Waals surface area contributed by atoms with Crippen molar-refractivity contribution < 1.29 is 19.3 Å². The Hall–Kier alpha value is -3.46. The van der Waals surface area contributed by atoms with Gasteiger partial charge in [-0.25, -0.2) is 0 Å². The van der Waals surface area contributed by atoms with Crippen molar-refractivity contribution in [1.29, 1.82) is 0 Å². The van der Waals surface area contributed by atoms with Crippen LogP contribution in [0.4, 0.5) is 11.4 Å². The summed E-state index contributed by atoms with van der Waals surface area (Å²) in [6, 6.07) is 3.75. The first-order chi connectivity index (χ1) is 11.5. The van der Waals surface area contributed by atoms with Crippen molar-refractivity contribution in [2.75, 3.05) is 6.54 Å². The zero-order valence-corrected chi connectivity index (χ0v) is 12.2. The van der Waals surface area contributed by atoms with Gasteiger partial charge in [0.15, 0.2) is 0 Å². The van der Waals surface area contributed by atoms with Gasteiger partial charge in [-0.3, -0.25) is 29.4 Å². The number of carbonyl (C=O) groups excluding carboxylic acids is 3. The molecule has 11 nitrogen and oxygen atoms in total. The summed E-state index contributed by atoms with van der Waals surface area (Å²) in [5.74, 6) is -1.54. The quantitative estimate of drug-likeness (QED) is 0.209. The molecule has 3 amide bonds. The average molecular weight is 331 g/mol. The van der Waals surface area contributed by atoms with E-state index in [1.54, 1.807) is 0 Å². The number of nitrogens with zero attached hydrogens (tertiary/aromatic N) is 5. The Balaban J connectivity index is 2.11. The van der Waals surface area contributed by atoms with Crippen LogP contribution < -0.4 is 5.32 Å². The van der Waals surface area contributed by atoms with E-state index in [1.165, 1.54) is 24.7 Å². The molecule has 1 N–H and O–H groups in total. The molecule has 1 heterocycles. The third-order valence-corrected chi connectivity index (χ3v) is 3.22. The van der Waals surface area contributed by atoms with Gasteiger partial charge < -0.3 is 5.32 Å². The highest BCUT2D eigenvalue weighted by atomic mass is 16.6. The molecule has 0 aromatic heterocycles. The summed E-state index contributed by atoms with van der Waals surface area (Å²) in [6.45, 7) is 1.04. The van der Waals surface area contributed by atoms with Gasteiger partial charge in [0.25, 0.3) is 11.6 Å². The first-order valence-electron chi connectivity index (χ1n) is 6.74. The van der Waals surface area contributed by atoms with Crippen molar-refractivity contribution in [3.8, 4) is 0 Å². The number of nitro groups is 1. The lowest BCUT2D eigenvalue weighted by Gasteiger charge is -2.13. The number of nitro benzene ring substituents is 1. The Bertz CT molecular complexity index is 754. The summed E-state index contributed by atoms with van der Waals surface area (Å²) in [4.78, 5) is 48.6. The molecule has 1 fully saturated rings. The fourth-order valence-corrected chi connectivity index (χ4v) is 2.16. The van der Waals surface area contributed by atoms with Crippen molar-refractivity contribution >= 4 is 29.1 Å². The molecule has 0 aliphatic carbocycles. The number of hydrogen-bond donors (Lipinski definition) is 1. The maximum Gasteiger partial charge on any atom is 0.291 e. The number of carbonyl (C=O) groups is 3. The van der Waals surface area contributed by atoms with Crippen LogP contribution in [0.3, 0.4) is 0 Å². The number of azide groups is 1. The second-order valence-electron chi connectivity index (χ2n) is 4.67. The Morgan fingerprint density at radius 1 is 1.42 bits per heavy atom. The van der Waals surface area contributed by atoms with Crippen LogP contribution in [-0.2, 0) is 9.59 Å². The van der Waals surface area contributed by atoms with Gasteiger partial charge in [0.2, 0.25) is 11.8 Å². The molecule has 24 heavy (non-hydrogen) atoms. The average Bonchev–Trinajstić information content (AvgIpc) is 2.86. The second-order valence-corrected chi connectivity index (χ2v) is 4.67.